The van der Waals surface area contributed by atoms with Gasteiger partial charge in [0, 0.05) is 10.9 Å². The minimum absolute atomic E-state index is 0.221. The largest absolute Gasteiger partial charge is 0.480 e. The van der Waals surface area contributed by atoms with Crippen LogP contribution in [0.5, 0.6) is 0 Å². The molecule has 0 aliphatic rings. The van der Waals surface area contributed by atoms with Crippen molar-refractivity contribution < 1.29 is 19.1 Å². The Morgan fingerprint density at radius 1 is 1.48 bits per heavy atom. The number of nitrogens with zero attached hydrogens (tertiary/aromatic N) is 2. The van der Waals surface area contributed by atoms with Gasteiger partial charge in [0.2, 0.25) is 0 Å². The molecule has 0 radical (unpaired) electrons. The van der Waals surface area contributed by atoms with Gasteiger partial charge in [0.1, 0.15) is 12.2 Å². The van der Waals surface area contributed by atoms with Crippen LogP contribution in [0.15, 0.2) is 22.8 Å². The van der Waals surface area contributed by atoms with E-state index in [0.717, 1.165) is 4.88 Å². The molecule has 2 aromatic rings. The molecule has 0 aromatic carbocycles. The number of carbonyl (C=O) groups excluding carboxylic acids is 1. The molecule has 1 N–H and O–H groups in total. The molecule has 0 saturated carbocycles. The van der Waals surface area contributed by atoms with E-state index in [-0.39, 0.29) is 24.2 Å². The van der Waals surface area contributed by atoms with E-state index >= 15 is 0 Å². The van der Waals surface area contributed by atoms with Gasteiger partial charge in [-0.3, -0.25) is 9.59 Å². The molecule has 0 bridgehead atoms. The number of hydrogen-bond donors (Lipinski definition) is 1. The lowest BCUT2D eigenvalue weighted by molar-refractivity contribution is -0.138. The van der Waals surface area contributed by atoms with Crippen molar-refractivity contribution in [3.05, 3.63) is 29.0 Å². The minimum atomic E-state index is -1.05. The second-order valence-corrected chi connectivity index (χ2v) is 6.02. The monoisotopic (exact) mass is 308 g/mol. The normalized spacial score (nSPS) is 10.9. The first-order valence-electron chi connectivity index (χ1n) is 6.44. The molecule has 112 valence electrons. The van der Waals surface area contributed by atoms with Crippen molar-refractivity contribution in [2.45, 2.75) is 26.8 Å². The van der Waals surface area contributed by atoms with Crippen LogP contribution in [0.2, 0.25) is 0 Å². The molecule has 6 nitrogen and oxygen atoms in total. The Kier molecular flexibility index (Phi) is 4.42. The highest BCUT2D eigenvalue weighted by molar-refractivity contribution is 7.15. The lowest BCUT2D eigenvalue weighted by atomic mass is 10.2. The van der Waals surface area contributed by atoms with Crippen molar-refractivity contribution in [3.63, 3.8) is 0 Å². The predicted molar refractivity (Wildman–Crippen MR) is 78.4 cm³/mol. The smallest absolute Gasteiger partial charge is 0.323 e. The molecule has 0 saturated heterocycles. The maximum atomic E-state index is 12.5. The lowest BCUT2D eigenvalue weighted by Crippen LogP contribution is -2.41. The molecule has 2 heterocycles. The molecule has 1 amide bonds. The van der Waals surface area contributed by atoms with E-state index in [0.29, 0.717) is 10.8 Å². The Hall–Kier alpha value is -2.15. The number of hydrogen-bond acceptors (Lipinski definition) is 5. The summed E-state index contributed by atoms with van der Waals surface area (Å²) in [6.07, 6.45) is 1.54. The highest BCUT2D eigenvalue weighted by atomic mass is 32.1. The summed E-state index contributed by atoms with van der Waals surface area (Å²) in [4.78, 5) is 29.7. The number of thiazole rings is 1. The Labute approximate surface area is 126 Å². The van der Waals surface area contributed by atoms with E-state index in [1.807, 2.05) is 0 Å². The van der Waals surface area contributed by atoms with Crippen molar-refractivity contribution >= 4 is 23.2 Å². The van der Waals surface area contributed by atoms with Crippen LogP contribution >= 0.6 is 11.3 Å². The van der Waals surface area contributed by atoms with Gasteiger partial charge in [-0.25, -0.2) is 4.98 Å². The summed E-state index contributed by atoms with van der Waals surface area (Å²) in [5, 5.41) is 9.54. The fourth-order valence-electron chi connectivity index (χ4n) is 1.87. The molecular weight excluding hydrogens is 292 g/mol. The van der Waals surface area contributed by atoms with Gasteiger partial charge in [-0.1, -0.05) is 0 Å². The van der Waals surface area contributed by atoms with E-state index in [4.69, 9.17) is 9.52 Å². The molecule has 21 heavy (non-hydrogen) atoms. The Balaban J connectivity index is 2.32. The Morgan fingerprint density at radius 3 is 2.71 bits per heavy atom. The Morgan fingerprint density at radius 2 is 2.19 bits per heavy atom. The molecule has 0 aliphatic heterocycles. The number of aliphatic carboxylic acids is 1. The topological polar surface area (TPSA) is 83.6 Å². The second-order valence-electron chi connectivity index (χ2n) is 4.82. The highest BCUT2D eigenvalue weighted by Gasteiger charge is 2.26. The van der Waals surface area contributed by atoms with Crippen LogP contribution < -0.4 is 0 Å². The van der Waals surface area contributed by atoms with Gasteiger partial charge in [-0.2, -0.15) is 0 Å². The fourth-order valence-corrected chi connectivity index (χ4v) is 2.74. The SMILES string of the molecule is Cc1sc(-c2ccco2)nc1C(=O)N(CC(=O)O)C(C)C. The van der Waals surface area contributed by atoms with Gasteiger partial charge in [0.25, 0.3) is 5.91 Å². The lowest BCUT2D eigenvalue weighted by Gasteiger charge is -2.24. The van der Waals surface area contributed by atoms with Crippen LogP contribution in [0.3, 0.4) is 0 Å². The van der Waals surface area contributed by atoms with Crippen molar-refractivity contribution in [3.8, 4) is 10.8 Å². The number of aromatic nitrogens is 1. The van der Waals surface area contributed by atoms with Gasteiger partial charge in [0.15, 0.2) is 10.8 Å². The first-order chi connectivity index (χ1) is 9.90. The van der Waals surface area contributed by atoms with E-state index in [1.165, 1.54) is 16.2 Å². The van der Waals surface area contributed by atoms with Crippen LogP contribution in [0, 0.1) is 6.92 Å². The van der Waals surface area contributed by atoms with Crippen molar-refractivity contribution in [1.29, 1.82) is 0 Å². The molecule has 0 unspecified atom stereocenters. The third kappa shape index (κ3) is 3.30. The van der Waals surface area contributed by atoms with Crippen LogP contribution in [0.1, 0.15) is 29.2 Å². The van der Waals surface area contributed by atoms with Gasteiger partial charge >= 0.3 is 5.97 Å². The highest BCUT2D eigenvalue weighted by Crippen LogP contribution is 2.28. The van der Waals surface area contributed by atoms with E-state index < -0.39 is 5.97 Å². The van der Waals surface area contributed by atoms with Crippen LogP contribution in [0.25, 0.3) is 10.8 Å². The van der Waals surface area contributed by atoms with Crippen molar-refractivity contribution in [2.24, 2.45) is 0 Å². The number of furan rings is 1. The third-order valence-corrected chi connectivity index (χ3v) is 3.91. The summed E-state index contributed by atoms with van der Waals surface area (Å²) >= 11 is 1.35. The molecule has 0 atom stereocenters. The molecule has 2 aromatic heterocycles. The van der Waals surface area contributed by atoms with E-state index in [1.54, 1.807) is 39.2 Å². The van der Waals surface area contributed by atoms with E-state index in [9.17, 15) is 9.59 Å². The zero-order valence-corrected chi connectivity index (χ0v) is 12.8. The minimum Gasteiger partial charge on any atom is -0.480 e. The maximum absolute atomic E-state index is 12.5. The predicted octanol–water partition coefficient (Wildman–Crippen LogP) is 2.65. The van der Waals surface area contributed by atoms with Gasteiger partial charge < -0.3 is 14.4 Å². The summed E-state index contributed by atoms with van der Waals surface area (Å²) < 4.78 is 5.27. The van der Waals surface area contributed by atoms with Gasteiger partial charge in [-0.15, -0.1) is 11.3 Å². The molecule has 0 spiro atoms. The first-order valence-corrected chi connectivity index (χ1v) is 7.26. The standard InChI is InChI=1S/C14H16N2O4S/c1-8(2)16(7-11(17)18)14(19)12-9(3)21-13(15-12)10-5-4-6-20-10/h4-6,8H,7H2,1-3H3,(H,17,18). The average Bonchev–Trinajstić information content (AvgIpc) is 3.03. The van der Waals surface area contributed by atoms with Gasteiger partial charge in [-0.05, 0) is 32.9 Å². The number of rotatable bonds is 5. The number of carbonyl (C=O) groups is 2. The van der Waals surface area contributed by atoms with Crippen LogP contribution in [0.4, 0.5) is 0 Å². The number of amides is 1. The summed E-state index contributed by atoms with van der Waals surface area (Å²) in [7, 11) is 0. The molecule has 7 heteroatoms. The molecule has 2 rings (SSSR count). The zero-order valence-electron chi connectivity index (χ0n) is 12.0. The maximum Gasteiger partial charge on any atom is 0.323 e. The quantitative estimate of drug-likeness (QED) is 0.918. The molecule has 0 fully saturated rings. The first kappa shape index (κ1) is 15.2. The fraction of sp³-hybridized carbons (Fsp3) is 0.357. The van der Waals surface area contributed by atoms with Crippen LogP contribution in [-0.2, 0) is 4.79 Å². The average molecular weight is 308 g/mol. The van der Waals surface area contributed by atoms with Crippen molar-refractivity contribution in [2.75, 3.05) is 6.54 Å². The number of aryl methyl sites for hydroxylation is 1. The van der Waals surface area contributed by atoms with E-state index in [2.05, 4.69) is 4.98 Å². The summed E-state index contributed by atoms with van der Waals surface area (Å²) in [6, 6.07) is 3.30. The van der Waals surface area contributed by atoms with Crippen molar-refractivity contribution in [1.82, 2.24) is 9.88 Å². The molecule has 0 aliphatic carbocycles. The third-order valence-electron chi connectivity index (χ3n) is 2.92. The number of carboxylic acids is 1. The number of carboxylic acid groups (broad SMARTS) is 1. The molecular formula is C14H16N2O4S. The summed E-state index contributed by atoms with van der Waals surface area (Å²) in [5.41, 5.74) is 0.279. The summed E-state index contributed by atoms with van der Waals surface area (Å²) in [6.45, 7) is 4.99. The Bertz CT molecular complexity index is 646. The summed E-state index contributed by atoms with van der Waals surface area (Å²) in [5.74, 6) is -0.827. The van der Waals surface area contributed by atoms with Gasteiger partial charge in [0.05, 0.1) is 6.26 Å². The van der Waals surface area contributed by atoms with Crippen LogP contribution in [-0.4, -0.2) is 39.5 Å². The second kappa shape index (κ2) is 6.09. The zero-order chi connectivity index (χ0) is 15.6.